The van der Waals surface area contributed by atoms with E-state index >= 15 is 0 Å². The molecule has 4 nitrogen and oxygen atoms in total. The second-order valence-electron chi connectivity index (χ2n) is 6.83. The Balaban J connectivity index is 2.03. The van der Waals surface area contributed by atoms with E-state index in [-0.39, 0.29) is 18.2 Å². The first-order valence-corrected chi connectivity index (χ1v) is 7.63. The highest BCUT2D eigenvalue weighted by molar-refractivity contribution is 5.71. The highest BCUT2D eigenvalue weighted by Gasteiger charge is 2.40. The Bertz CT molecular complexity index is 551. The molecule has 0 bridgehead atoms. The molecule has 1 aromatic rings. The summed E-state index contributed by atoms with van der Waals surface area (Å²) in [5.74, 6) is -0.328. The van der Waals surface area contributed by atoms with Gasteiger partial charge in [-0.1, -0.05) is 30.8 Å². The number of ether oxygens (including phenoxy) is 2. The van der Waals surface area contributed by atoms with Crippen LogP contribution in [0.4, 0.5) is 0 Å². The van der Waals surface area contributed by atoms with Crippen molar-refractivity contribution in [3.63, 3.8) is 0 Å². The summed E-state index contributed by atoms with van der Waals surface area (Å²) in [5.41, 5.74) is 7.36. The van der Waals surface area contributed by atoms with Crippen LogP contribution in [0.1, 0.15) is 51.2 Å². The number of nitrogens with two attached hydrogens (primary N) is 1. The first-order valence-electron chi connectivity index (χ1n) is 7.63. The maximum atomic E-state index is 11.8. The zero-order valence-corrected chi connectivity index (χ0v) is 13.6. The van der Waals surface area contributed by atoms with E-state index in [2.05, 4.69) is 6.58 Å². The number of hydrogen-bond donors (Lipinski definition) is 1. The molecule has 0 spiro atoms. The van der Waals surface area contributed by atoms with E-state index in [1.807, 2.05) is 45.0 Å². The molecule has 2 N–H and O–H groups in total. The summed E-state index contributed by atoms with van der Waals surface area (Å²) in [6, 6.07) is 7.88. The van der Waals surface area contributed by atoms with Gasteiger partial charge < -0.3 is 15.2 Å². The van der Waals surface area contributed by atoms with Gasteiger partial charge in [0, 0.05) is 5.70 Å². The van der Waals surface area contributed by atoms with Gasteiger partial charge in [-0.2, -0.15) is 0 Å². The van der Waals surface area contributed by atoms with Gasteiger partial charge in [0.05, 0.1) is 5.60 Å². The summed E-state index contributed by atoms with van der Waals surface area (Å²) >= 11 is 0. The molecule has 0 saturated heterocycles. The van der Waals surface area contributed by atoms with E-state index in [9.17, 15) is 4.79 Å². The smallest absolute Gasteiger partial charge is 0.332 e. The SMILES string of the molecule is C=C(N)c1ccc(C2(OCC(=O)OC(C)(C)C)CCC2)cc1. The molecule has 0 radical (unpaired) electrons. The third-order valence-corrected chi connectivity index (χ3v) is 3.83. The van der Waals surface area contributed by atoms with Crippen LogP contribution < -0.4 is 5.73 Å². The van der Waals surface area contributed by atoms with Gasteiger partial charge in [-0.25, -0.2) is 4.79 Å². The minimum atomic E-state index is -0.490. The Morgan fingerprint density at radius 1 is 1.27 bits per heavy atom. The predicted molar refractivity (Wildman–Crippen MR) is 87.0 cm³/mol. The minimum absolute atomic E-state index is 0.0252. The molecule has 1 saturated carbocycles. The van der Waals surface area contributed by atoms with Crippen molar-refractivity contribution >= 4 is 11.7 Å². The summed E-state index contributed by atoms with van der Waals surface area (Å²) < 4.78 is 11.2. The molecule has 0 aliphatic heterocycles. The number of carbonyl (C=O) groups excluding carboxylic acids is 1. The van der Waals surface area contributed by atoms with Crippen LogP contribution in [0, 0.1) is 0 Å². The lowest BCUT2D eigenvalue weighted by Gasteiger charge is -2.42. The molecule has 0 atom stereocenters. The molecule has 22 heavy (non-hydrogen) atoms. The molecule has 0 unspecified atom stereocenters. The van der Waals surface area contributed by atoms with Crippen LogP contribution in [0.25, 0.3) is 5.70 Å². The Hall–Kier alpha value is -1.81. The highest BCUT2D eigenvalue weighted by Crippen LogP contribution is 2.44. The number of benzene rings is 1. The van der Waals surface area contributed by atoms with Gasteiger partial charge in [0.1, 0.15) is 12.2 Å². The topological polar surface area (TPSA) is 61.5 Å². The zero-order valence-electron chi connectivity index (χ0n) is 13.6. The van der Waals surface area contributed by atoms with Crippen LogP contribution in [-0.4, -0.2) is 18.2 Å². The van der Waals surface area contributed by atoms with E-state index in [1.54, 1.807) is 0 Å². The molecule has 0 heterocycles. The second-order valence-corrected chi connectivity index (χ2v) is 6.83. The predicted octanol–water partition coefficient (Wildman–Crippen LogP) is 3.35. The van der Waals surface area contributed by atoms with Crippen LogP contribution >= 0.6 is 0 Å². The lowest BCUT2D eigenvalue weighted by atomic mass is 9.74. The lowest BCUT2D eigenvalue weighted by Crippen LogP contribution is -2.39. The largest absolute Gasteiger partial charge is 0.458 e. The number of carbonyl (C=O) groups is 1. The normalized spacial score (nSPS) is 16.7. The zero-order chi connectivity index (χ0) is 16.4. The molecule has 1 fully saturated rings. The van der Waals surface area contributed by atoms with E-state index in [0.29, 0.717) is 5.70 Å². The average Bonchev–Trinajstić information content (AvgIpc) is 2.36. The standard InChI is InChI=1S/C18H25NO3/c1-13(19)14-6-8-15(9-7-14)18(10-5-11-18)21-12-16(20)22-17(2,3)4/h6-9H,1,5,10-12,19H2,2-4H3. The fourth-order valence-corrected chi connectivity index (χ4v) is 2.57. The Kier molecular flexibility index (Phi) is 4.61. The lowest BCUT2D eigenvalue weighted by molar-refractivity contribution is -0.174. The summed E-state index contributed by atoms with van der Waals surface area (Å²) in [5, 5.41) is 0. The first kappa shape index (κ1) is 16.6. The van der Waals surface area contributed by atoms with Crippen molar-refractivity contribution in [3.05, 3.63) is 42.0 Å². The van der Waals surface area contributed by atoms with E-state index in [4.69, 9.17) is 15.2 Å². The third-order valence-electron chi connectivity index (χ3n) is 3.83. The van der Waals surface area contributed by atoms with Crippen LogP contribution in [0.5, 0.6) is 0 Å². The van der Waals surface area contributed by atoms with Crippen LogP contribution in [0.2, 0.25) is 0 Å². The van der Waals surface area contributed by atoms with Gasteiger partial charge in [-0.05, 0) is 51.2 Å². The third kappa shape index (κ3) is 3.89. The van der Waals surface area contributed by atoms with Gasteiger partial charge >= 0.3 is 5.97 Å². The van der Waals surface area contributed by atoms with Crippen molar-refractivity contribution in [2.24, 2.45) is 5.73 Å². The fraction of sp³-hybridized carbons (Fsp3) is 0.500. The fourth-order valence-electron chi connectivity index (χ4n) is 2.57. The van der Waals surface area contributed by atoms with E-state index in [1.165, 1.54) is 0 Å². The van der Waals surface area contributed by atoms with Crippen molar-refractivity contribution in [2.75, 3.05) is 6.61 Å². The van der Waals surface area contributed by atoms with Crippen molar-refractivity contribution < 1.29 is 14.3 Å². The molecule has 120 valence electrons. The number of rotatable bonds is 5. The molecule has 0 amide bonds. The molecule has 1 aromatic carbocycles. The Morgan fingerprint density at radius 3 is 2.27 bits per heavy atom. The van der Waals surface area contributed by atoms with Crippen LogP contribution in [0.3, 0.4) is 0 Å². The van der Waals surface area contributed by atoms with Crippen LogP contribution in [0.15, 0.2) is 30.8 Å². The number of hydrogen-bond acceptors (Lipinski definition) is 4. The Morgan fingerprint density at radius 2 is 1.86 bits per heavy atom. The summed E-state index contributed by atoms with van der Waals surface area (Å²) in [6.45, 7) is 9.25. The molecule has 1 aliphatic carbocycles. The van der Waals surface area contributed by atoms with Crippen molar-refractivity contribution in [2.45, 2.75) is 51.2 Å². The molecule has 1 aliphatic rings. The molecule has 4 heteroatoms. The molecule has 2 rings (SSSR count). The maximum Gasteiger partial charge on any atom is 0.332 e. The van der Waals surface area contributed by atoms with Crippen molar-refractivity contribution in [1.82, 2.24) is 0 Å². The van der Waals surface area contributed by atoms with Crippen molar-refractivity contribution in [1.29, 1.82) is 0 Å². The monoisotopic (exact) mass is 303 g/mol. The van der Waals surface area contributed by atoms with E-state index < -0.39 is 5.60 Å². The maximum absolute atomic E-state index is 11.8. The highest BCUT2D eigenvalue weighted by atomic mass is 16.6. The van der Waals surface area contributed by atoms with Crippen LogP contribution in [-0.2, 0) is 19.9 Å². The Labute approximate surface area is 132 Å². The quantitative estimate of drug-likeness (QED) is 0.847. The van der Waals surface area contributed by atoms with Crippen molar-refractivity contribution in [3.8, 4) is 0 Å². The van der Waals surface area contributed by atoms with Gasteiger partial charge in [0.15, 0.2) is 0 Å². The minimum Gasteiger partial charge on any atom is -0.458 e. The first-order chi connectivity index (χ1) is 10.2. The van der Waals surface area contributed by atoms with Gasteiger partial charge in [-0.3, -0.25) is 0 Å². The number of esters is 1. The molecule has 0 aromatic heterocycles. The van der Waals surface area contributed by atoms with Gasteiger partial charge in [0.25, 0.3) is 0 Å². The summed E-state index contributed by atoms with van der Waals surface area (Å²) in [4.78, 5) is 11.8. The average molecular weight is 303 g/mol. The summed E-state index contributed by atoms with van der Waals surface area (Å²) in [6.07, 6.45) is 2.93. The second kappa shape index (κ2) is 6.13. The molecular weight excluding hydrogens is 278 g/mol. The van der Waals surface area contributed by atoms with Gasteiger partial charge in [-0.15, -0.1) is 0 Å². The van der Waals surface area contributed by atoms with E-state index in [0.717, 1.165) is 30.4 Å². The summed E-state index contributed by atoms with van der Waals surface area (Å²) in [7, 11) is 0. The van der Waals surface area contributed by atoms with Gasteiger partial charge in [0.2, 0.25) is 0 Å². The molecular formula is C18H25NO3.